The van der Waals surface area contributed by atoms with Gasteiger partial charge in [0, 0.05) is 30.3 Å². The molecular weight excluding hydrogens is 266 g/mol. The SMILES string of the molecule is c1cc2c(c(-c3nc(C4CCCOC4)no3)c1)CCCN2. The van der Waals surface area contributed by atoms with Gasteiger partial charge >= 0.3 is 0 Å². The fourth-order valence-corrected chi connectivity index (χ4v) is 3.16. The van der Waals surface area contributed by atoms with Gasteiger partial charge in [0.1, 0.15) is 0 Å². The molecule has 2 aromatic rings. The molecule has 21 heavy (non-hydrogen) atoms. The van der Waals surface area contributed by atoms with Gasteiger partial charge in [0.25, 0.3) is 5.89 Å². The van der Waals surface area contributed by atoms with Gasteiger partial charge in [-0.25, -0.2) is 0 Å². The van der Waals surface area contributed by atoms with Crippen molar-refractivity contribution >= 4 is 5.69 Å². The fourth-order valence-electron chi connectivity index (χ4n) is 3.16. The first kappa shape index (κ1) is 12.8. The van der Waals surface area contributed by atoms with Crippen LogP contribution in [0.2, 0.25) is 0 Å². The molecule has 1 atom stereocenters. The summed E-state index contributed by atoms with van der Waals surface area (Å²) in [5, 5.41) is 7.61. The molecule has 0 saturated carbocycles. The number of anilines is 1. The average Bonchev–Trinajstić information content (AvgIpc) is 3.05. The lowest BCUT2D eigenvalue weighted by Crippen LogP contribution is -2.16. The Kier molecular flexibility index (Phi) is 3.35. The molecule has 0 aliphatic carbocycles. The normalized spacial score (nSPS) is 21.6. The molecule has 1 N–H and O–H groups in total. The van der Waals surface area contributed by atoms with Gasteiger partial charge in [-0.2, -0.15) is 4.98 Å². The largest absolute Gasteiger partial charge is 0.385 e. The number of ether oxygens (including phenoxy) is 1. The molecule has 2 aliphatic rings. The van der Waals surface area contributed by atoms with Crippen LogP contribution in [0.4, 0.5) is 5.69 Å². The Labute approximate surface area is 123 Å². The predicted octanol–water partition coefficient (Wildman–Crippen LogP) is 2.99. The third-order valence-corrected chi connectivity index (χ3v) is 4.29. The van der Waals surface area contributed by atoms with Gasteiger partial charge < -0.3 is 14.6 Å². The molecule has 1 unspecified atom stereocenters. The molecule has 0 spiro atoms. The summed E-state index contributed by atoms with van der Waals surface area (Å²) < 4.78 is 11.0. The van der Waals surface area contributed by atoms with Gasteiger partial charge in [0.15, 0.2) is 5.82 Å². The highest BCUT2D eigenvalue weighted by Gasteiger charge is 2.23. The Balaban J connectivity index is 1.66. The van der Waals surface area contributed by atoms with E-state index in [4.69, 9.17) is 9.26 Å². The van der Waals surface area contributed by atoms with Crippen molar-refractivity contribution in [3.8, 4) is 11.5 Å². The fraction of sp³-hybridized carbons (Fsp3) is 0.500. The van der Waals surface area contributed by atoms with Crippen LogP contribution in [0.25, 0.3) is 11.5 Å². The number of aromatic nitrogens is 2. The van der Waals surface area contributed by atoms with E-state index in [1.165, 1.54) is 11.3 Å². The Morgan fingerprint density at radius 3 is 3.14 bits per heavy atom. The van der Waals surface area contributed by atoms with Crippen molar-refractivity contribution in [3.05, 3.63) is 29.6 Å². The van der Waals surface area contributed by atoms with Crippen LogP contribution in [0.15, 0.2) is 22.7 Å². The van der Waals surface area contributed by atoms with E-state index in [0.29, 0.717) is 12.5 Å². The molecule has 5 nitrogen and oxygen atoms in total. The molecule has 3 heterocycles. The zero-order valence-corrected chi connectivity index (χ0v) is 12.0. The van der Waals surface area contributed by atoms with Crippen LogP contribution in [0.3, 0.4) is 0 Å². The van der Waals surface area contributed by atoms with Crippen molar-refractivity contribution in [1.29, 1.82) is 0 Å². The van der Waals surface area contributed by atoms with Crippen molar-refractivity contribution in [2.75, 3.05) is 25.1 Å². The van der Waals surface area contributed by atoms with E-state index in [-0.39, 0.29) is 5.92 Å². The van der Waals surface area contributed by atoms with Crippen LogP contribution in [-0.4, -0.2) is 29.9 Å². The van der Waals surface area contributed by atoms with Gasteiger partial charge in [-0.3, -0.25) is 0 Å². The quantitative estimate of drug-likeness (QED) is 0.919. The lowest BCUT2D eigenvalue weighted by atomic mass is 9.97. The van der Waals surface area contributed by atoms with Crippen LogP contribution in [0, 0.1) is 0 Å². The standard InChI is InChI=1S/C16H19N3O2/c1-5-13(12-6-2-8-17-14(12)7-1)16-18-15(19-21-16)11-4-3-9-20-10-11/h1,5,7,11,17H,2-4,6,8-10H2. The molecule has 110 valence electrons. The van der Waals surface area contributed by atoms with Crippen molar-refractivity contribution in [2.24, 2.45) is 0 Å². The summed E-state index contributed by atoms with van der Waals surface area (Å²) in [4.78, 5) is 4.63. The molecule has 1 fully saturated rings. The number of rotatable bonds is 2. The summed E-state index contributed by atoms with van der Waals surface area (Å²) in [5.41, 5.74) is 3.55. The van der Waals surface area contributed by atoms with Crippen LogP contribution in [-0.2, 0) is 11.2 Å². The molecule has 1 saturated heterocycles. The van der Waals surface area contributed by atoms with Crippen molar-refractivity contribution in [3.63, 3.8) is 0 Å². The lowest BCUT2D eigenvalue weighted by Gasteiger charge is -2.19. The van der Waals surface area contributed by atoms with E-state index in [0.717, 1.165) is 50.2 Å². The average molecular weight is 285 g/mol. The first-order valence-corrected chi connectivity index (χ1v) is 7.69. The Hall–Kier alpha value is -1.88. The van der Waals surface area contributed by atoms with Gasteiger partial charge in [-0.05, 0) is 43.4 Å². The Bertz CT molecular complexity index is 632. The van der Waals surface area contributed by atoms with Crippen LogP contribution in [0.5, 0.6) is 0 Å². The topological polar surface area (TPSA) is 60.2 Å². The summed E-state index contributed by atoms with van der Waals surface area (Å²) in [6, 6.07) is 6.23. The molecule has 4 rings (SSSR count). The van der Waals surface area contributed by atoms with Gasteiger partial charge in [0.2, 0.25) is 0 Å². The van der Waals surface area contributed by atoms with E-state index in [9.17, 15) is 0 Å². The molecule has 1 aromatic carbocycles. The molecule has 5 heteroatoms. The monoisotopic (exact) mass is 285 g/mol. The third kappa shape index (κ3) is 2.42. The van der Waals surface area contributed by atoms with Gasteiger partial charge in [-0.15, -0.1) is 0 Å². The second-order valence-electron chi connectivity index (χ2n) is 5.73. The van der Waals surface area contributed by atoms with E-state index >= 15 is 0 Å². The van der Waals surface area contributed by atoms with Crippen LogP contribution >= 0.6 is 0 Å². The Morgan fingerprint density at radius 1 is 1.24 bits per heavy atom. The summed E-state index contributed by atoms with van der Waals surface area (Å²) in [6.45, 7) is 2.58. The number of benzene rings is 1. The minimum atomic E-state index is 0.272. The third-order valence-electron chi connectivity index (χ3n) is 4.29. The van der Waals surface area contributed by atoms with E-state index in [1.807, 2.05) is 6.07 Å². The van der Waals surface area contributed by atoms with E-state index in [1.54, 1.807) is 0 Å². The smallest absolute Gasteiger partial charge is 0.258 e. The van der Waals surface area contributed by atoms with Crippen molar-refractivity contribution in [1.82, 2.24) is 10.1 Å². The minimum absolute atomic E-state index is 0.272. The number of hydrogen-bond donors (Lipinski definition) is 1. The summed E-state index contributed by atoms with van der Waals surface area (Å²) in [6.07, 6.45) is 4.34. The van der Waals surface area contributed by atoms with Gasteiger partial charge in [0.05, 0.1) is 6.61 Å². The maximum atomic E-state index is 5.53. The van der Waals surface area contributed by atoms with Crippen LogP contribution in [0.1, 0.15) is 36.6 Å². The van der Waals surface area contributed by atoms with Crippen LogP contribution < -0.4 is 5.32 Å². The highest BCUT2D eigenvalue weighted by Crippen LogP contribution is 2.33. The first-order chi connectivity index (χ1) is 10.4. The highest BCUT2D eigenvalue weighted by atomic mass is 16.5. The van der Waals surface area contributed by atoms with Crippen molar-refractivity contribution < 1.29 is 9.26 Å². The summed E-state index contributed by atoms with van der Waals surface area (Å²) in [7, 11) is 0. The lowest BCUT2D eigenvalue weighted by molar-refractivity contribution is 0.0773. The maximum absolute atomic E-state index is 5.53. The minimum Gasteiger partial charge on any atom is -0.385 e. The molecule has 1 aromatic heterocycles. The summed E-state index contributed by atoms with van der Waals surface area (Å²) >= 11 is 0. The van der Waals surface area contributed by atoms with Crippen molar-refractivity contribution in [2.45, 2.75) is 31.6 Å². The number of nitrogens with zero attached hydrogens (tertiary/aromatic N) is 2. The number of nitrogens with one attached hydrogen (secondary N) is 1. The second-order valence-corrected chi connectivity index (χ2v) is 5.73. The Morgan fingerprint density at radius 2 is 2.24 bits per heavy atom. The highest BCUT2D eigenvalue weighted by molar-refractivity contribution is 5.69. The molecule has 0 amide bonds. The summed E-state index contributed by atoms with van der Waals surface area (Å²) in [5.74, 6) is 1.69. The predicted molar refractivity (Wildman–Crippen MR) is 79.3 cm³/mol. The maximum Gasteiger partial charge on any atom is 0.258 e. The van der Waals surface area contributed by atoms with E-state index < -0.39 is 0 Å². The first-order valence-electron chi connectivity index (χ1n) is 7.69. The molecule has 2 aliphatic heterocycles. The number of fused-ring (bicyclic) bond motifs is 1. The molecule has 0 bridgehead atoms. The number of hydrogen-bond acceptors (Lipinski definition) is 5. The van der Waals surface area contributed by atoms with E-state index in [2.05, 4.69) is 27.6 Å². The molecular formula is C16H19N3O2. The zero-order chi connectivity index (χ0) is 14.1. The molecule has 0 radical (unpaired) electrons. The van der Waals surface area contributed by atoms with Gasteiger partial charge in [-0.1, -0.05) is 11.2 Å². The second kappa shape index (κ2) is 5.48. The zero-order valence-electron chi connectivity index (χ0n) is 12.0.